The molecule has 0 bridgehead atoms. The number of hydrogen-bond acceptors (Lipinski definition) is 5. The quantitative estimate of drug-likeness (QED) is 0.673. The molecule has 7 nitrogen and oxygen atoms in total. The van der Waals surface area contributed by atoms with E-state index in [0.29, 0.717) is 12.2 Å². The number of aromatic nitrogens is 4. The Balaban J connectivity index is 1.46. The van der Waals surface area contributed by atoms with Gasteiger partial charge in [0.1, 0.15) is 11.3 Å². The topological polar surface area (TPSA) is 66.6 Å². The normalized spacial score (nSPS) is 21.0. The first kappa shape index (κ1) is 18.1. The first-order chi connectivity index (χ1) is 14.0. The smallest absolute Gasteiger partial charge is 0.274 e. The minimum atomic E-state index is -0.0635. The molecule has 1 atom stereocenters. The monoisotopic (exact) mass is 390 g/mol. The van der Waals surface area contributed by atoms with Gasteiger partial charge in [-0.25, -0.2) is 15.0 Å². The Morgan fingerprint density at radius 1 is 1.21 bits per heavy atom. The van der Waals surface area contributed by atoms with E-state index in [1.165, 1.54) is 5.56 Å². The van der Waals surface area contributed by atoms with Gasteiger partial charge in [-0.05, 0) is 50.3 Å². The van der Waals surface area contributed by atoms with Crippen LogP contribution in [0.15, 0.2) is 30.6 Å². The molecule has 5 rings (SSSR count). The van der Waals surface area contributed by atoms with Crippen molar-refractivity contribution in [3.05, 3.63) is 53.2 Å². The SMILES string of the molecule is Cc1cccc2nc(C(=O)N3CCCC4(CCc5cnc(N(C)C)nc54)C3)cn12. The third-order valence-corrected chi connectivity index (χ3v) is 6.41. The predicted octanol–water partition coefficient (Wildman–Crippen LogP) is 2.62. The number of pyridine rings is 1. The third-order valence-electron chi connectivity index (χ3n) is 6.41. The first-order valence-electron chi connectivity index (χ1n) is 10.2. The van der Waals surface area contributed by atoms with Crippen molar-refractivity contribution in [1.29, 1.82) is 0 Å². The van der Waals surface area contributed by atoms with E-state index in [2.05, 4.69) is 9.97 Å². The van der Waals surface area contributed by atoms with E-state index >= 15 is 0 Å². The molecule has 1 unspecified atom stereocenters. The number of carbonyl (C=O) groups is 1. The van der Waals surface area contributed by atoms with Crippen molar-refractivity contribution in [2.45, 2.75) is 38.0 Å². The summed E-state index contributed by atoms with van der Waals surface area (Å²) in [5.74, 6) is 0.756. The summed E-state index contributed by atoms with van der Waals surface area (Å²) in [6.45, 7) is 3.50. The van der Waals surface area contributed by atoms with Crippen molar-refractivity contribution in [2.75, 3.05) is 32.1 Å². The molecule has 7 heteroatoms. The van der Waals surface area contributed by atoms with Crippen molar-refractivity contribution >= 4 is 17.5 Å². The average Bonchev–Trinajstić information content (AvgIpc) is 3.31. The molecular formula is C22H26N6O. The summed E-state index contributed by atoms with van der Waals surface area (Å²) in [4.78, 5) is 31.2. The molecule has 1 fully saturated rings. The van der Waals surface area contributed by atoms with Crippen LogP contribution in [0.5, 0.6) is 0 Å². The highest BCUT2D eigenvalue weighted by Crippen LogP contribution is 2.44. The number of hydrogen-bond donors (Lipinski definition) is 0. The second-order valence-corrected chi connectivity index (χ2v) is 8.57. The molecule has 0 N–H and O–H groups in total. The number of carbonyl (C=O) groups excluding carboxylic acids is 1. The summed E-state index contributed by atoms with van der Waals surface area (Å²) in [5, 5.41) is 0. The molecule has 29 heavy (non-hydrogen) atoms. The van der Waals surface area contributed by atoms with Crippen molar-refractivity contribution < 1.29 is 4.79 Å². The molecule has 1 aliphatic heterocycles. The van der Waals surface area contributed by atoms with E-state index in [4.69, 9.17) is 4.98 Å². The van der Waals surface area contributed by atoms with E-state index < -0.39 is 0 Å². The Labute approximate surface area is 170 Å². The Morgan fingerprint density at radius 2 is 2.07 bits per heavy atom. The third kappa shape index (κ3) is 2.87. The van der Waals surface area contributed by atoms with Crippen molar-refractivity contribution in [3.63, 3.8) is 0 Å². The number of imidazole rings is 1. The van der Waals surface area contributed by atoms with Crippen LogP contribution in [0.1, 0.15) is 46.7 Å². The van der Waals surface area contributed by atoms with Gasteiger partial charge in [-0.1, -0.05) is 6.07 Å². The standard InChI is InChI=1S/C22H26N6O/c1-15-6-4-7-18-24-17(13-28(15)18)20(29)27-11-5-9-22(14-27)10-8-16-12-23-21(26(2)3)25-19(16)22/h4,6-7,12-13H,5,8-11,14H2,1-3H3. The molecule has 1 saturated heterocycles. The number of piperidine rings is 1. The highest BCUT2D eigenvalue weighted by atomic mass is 16.2. The lowest BCUT2D eigenvalue weighted by Gasteiger charge is -2.40. The van der Waals surface area contributed by atoms with Crippen LogP contribution in [0.2, 0.25) is 0 Å². The fraction of sp³-hybridized carbons (Fsp3) is 0.455. The number of amides is 1. The summed E-state index contributed by atoms with van der Waals surface area (Å²) in [6, 6.07) is 5.93. The summed E-state index contributed by atoms with van der Waals surface area (Å²) >= 11 is 0. The number of rotatable bonds is 2. The molecule has 4 heterocycles. The molecule has 0 radical (unpaired) electrons. The molecule has 3 aromatic heterocycles. The molecule has 1 aliphatic carbocycles. The van der Waals surface area contributed by atoms with Gasteiger partial charge in [0.2, 0.25) is 5.95 Å². The molecule has 2 aliphatic rings. The second kappa shape index (κ2) is 6.54. The van der Waals surface area contributed by atoms with E-state index in [1.807, 2.05) is 65.8 Å². The lowest BCUT2D eigenvalue weighted by molar-refractivity contribution is 0.0628. The van der Waals surface area contributed by atoms with E-state index in [-0.39, 0.29) is 11.3 Å². The lowest BCUT2D eigenvalue weighted by atomic mass is 9.77. The van der Waals surface area contributed by atoms with Gasteiger partial charge in [-0.3, -0.25) is 4.79 Å². The minimum Gasteiger partial charge on any atom is -0.347 e. The highest BCUT2D eigenvalue weighted by molar-refractivity contribution is 5.93. The van der Waals surface area contributed by atoms with Crippen LogP contribution in [-0.2, 0) is 11.8 Å². The van der Waals surface area contributed by atoms with Gasteiger partial charge >= 0.3 is 0 Å². The van der Waals surface area contributed by atoms with Crippen molar-refractivity contribution in [1.82, 2.24) is 24.3 Å². The maximum Gasteiger partial charge on any atom is 0.274 e. The minimum absolute atomic E-state index is 0.0162. The molecular weight excluding hydrogens is 364 g/mol. The van der Waals surface area contributed by atoms with Gasteiger partial charge < -0.3 is 14.2 Å². The van der Waals surface area contributed by atoms with E-state index in [1.54, 1.807) is 0 Å². The van der Waals surface area contributed by atoms with Crippen LogP contribution in [0.3, 0.4) is 0 Å². The van der Waals surface area contributed by atoms with Crippen molar-refractivity contribution in [2.24, 2.45) is 0 Å². The van der Waals surface area contributed by atoms with Gasteiger partial charge in [-0.2, -0.15) is 0 Å². The summed E-state index contributed by atoms with van der Waals surface area (Å²) in [5.41, 5.74) is 4.71. The van der Waals surface area contributed by atoms with Gasteiger partial charge in [0, 0.05) is 50.7 Å². The first-order valence-corrected chi connectivity index (χ1v) is 10.2. The number of likely N-dealkylation sites (tertiary alicyclic amines) is 1. The number of fused-ring (bicyclic) bond motifs is 3. The zero-order chi connectivity index (χ0) is 20.2. The van der Waals surface area contributed by atoms with E-state index in [9.17, 15) is 4.79 Å². The van der Waals surface area contributed by atoms with Crippen LogP contribution in [0.4, 0.5) is 5.95 Å². The molecule has 150 valence electrons. The largest absolute Gasteiger partial charge is 0.347 e. The summed E-state index contributed by atoms with van der Waals surface area (Å²) in [7, 11) is 3.93. The Kier molecular flexibility index (Phi) is 4.08. The van der Waals surface area contributed by atoms with Crippen LogP contribution in [-0.4, -0.2) is 57.3 Å². The van der Waals surface area contributed by atoms with E-state index in [0.717, 1.165) is 55.2 Å². The zero-order valence-corrected chi connectivity index (χ0v) is 17.2. The number of nitrogens with zero attached hydrogens (tertiary/aromatic N) is 6. The molecule has 3 aromatic rings. The molecule has 1 spiro atoms. The van der Waals surface area contributed by atoms with Gasteiger partial charge in [0.15, 0.2) is 0 Å². The van der Waals surface area contributed by atoms with Crippen LogP contribution >= 0.6 is 0 Å². The van der Waals surface area contributed by atoms with Crippen LogP contribution < -0.4 is 4.90 Å². The summed E-state index contributed by atoms with van der Waals surface area (Å²) < 4.78 is 1.98. The zero-order valence-electron chi connectivity index (χ0n) is 17.2. The van der Waals surface area contributed by atoms with Gasteiger partial charge in [0.05, 0.1) is 5.69 Å². The van der Waals surface area contributed by atoms with Crippen molar-refractivity contribution in [3.8, 4) is 0 Å². The maximum absolute atomic E-state index is 13.3. The second-order valence-electron chi connectivity index (χ2n) is 8.57. The summed E-state index contributed by atoms with van der Waals surface area (Å²) in [6.07, 6.45) is 7.90. The Bertz CT molecular complexity index is 1100. The fourth-order valence-corrected chi connectivity index (χ4v) is 4.86. The maximum atomic E-state index is 13.3. The number of aryl methyl sites for hydroxylation is 2. The molecule has 1 amide bonds. The van der Waals surface area contributed by atoms with Crippen LogP contribution in [0.25, 0.3) is 5.65 Å². The lowest BCUT2D eigenvalue weighted by Crippen LogP contribution is -2.48. The van der Waals surface area contributed by atoms with Gasteiger partial charge in [0.25, 0.3) is 5.91 Å². The Hall–Kier alpha value is -2.96. The highest BCUT2D eigenvalue weighted by Gasteiger charge is 2.45. The predicted molar refractivity (Wildman–Crippen MR) is 111 cm³/mol. The number of anilines is 1. The van der Waals surface area contributed by atoms with Crippen LogP contribution in [0, 0.1) is 6.92 Å². The average molecular weight is 390 g/mol. The molecule has 0 aromatic carbocycles. The Morgan fingerprint density at radius 3 is 2.86 bits per heavy atom. The van der Waals surface area contributed by atoms with Gasteiger partial charge in [-0.15, -0.1) is 0 Å². The molecule has 0 saturated carbocycles. The fourth-order valence-electron chi connectivity index (χ4n) is 4.86.